The fourth-order valence-corrected chi connectivity index (χ4v) is 1.98. The van der Waals surface area contributed by atoms with Gasteiger partial charge in [-0.3, -0.25) is 0 Å². The van der Waals surface area contributed by atoms with E-state index in [0.29, 0.717) is 12.5 Å². The van der Waals surface area contributed by atoms with Gasteiger partial charge in [0, 0.05) is 0 Å². The average Bonchev–Trinajstić information content (AvgIpc) is 2.23. The molecule has 0 saturated carbocycles. The first-order chi connectivity index (χ1) is 7.56. The van der Waals surface area contributed by atoms with Crippen molar-refractivity contribution in [2.45, 2.75) is 46.0 Å². The van der Waals surface area contributed by atoms with Gasteiger partial charge in [0.2, 0.25) is 0 Å². The first-order valence-corrected chi connectivity index (χ1v) is 6.05. The molecule has 2 heteroatoms. The molecule has 90 valence electrons. The third-order valence-corrected chi connectivity index (χ3v) is 2.99. The standard InChI is InChI=1S/C14H22FN/c1-10(2)13-8-12(6-4-5-7-16)9-14(15)11(13)3/h8-10H,4-7,16H2,1-3H3. The zero-order chi connectivity index (χ0) is 12.1. The molecular weight excluding hydrogens is 201 g/mol. The van der Waals surface area contributed by atoms with E-state index in [-0.39, 0.29) is 5.82 Å². The van der Waals surface area contributed by atoms with Crippen LogP contribution < -0.4 is 5.73 Å². The van der Waals surface area contributed by atoms with E-state index in [1.807, 2.05) is 6.92 Å². The number of rotatable bonds is 5. The number of unbranched alkanes of at least 4 members (excludes halogenated alkanes) is 1. The molecule has 1 aromatic carbocycles. The van der Waals surface area contributed by atoms with E-state index in [1.165, 1.54) is 0 Å². The molecule has 1 aromatic rings. The van der Waals surface area contributed by atoms with Crippen LogP contribution in [0.25, 0.3) is 0 Å². The topological polar surface area (TPSA) is 26.0 Å². The van der Waals surface area contributed by atoms with Crippen molar-refractivity contribution in [1.82, 2.24) is 0 Å². The highest BCUT2D eigenvalue weighted by Gasteiger charge is 2.09. The highest BCUT2D eigenvalue weighted by molar-refractivity contribution is 5.34. The van der Waals surface area contributed by atoms with Crippen LogP contribution in [-0.4, -0.2) is 6.54 Å². The molecule has 16 heavy (non-hydrogen) atoms. The molecule has 0 aliphatic heterocycles. The van der Waals surface area contributed by atoms with Gasteiger partial charge in [0.15, 0.2) is 0 Å². The van der Waals surface area contributed by atoms with Crippen molar-refractivity contribution in [1.29, 1.82) is 0 Å². The Morgan fingerprint density at radius 3 is 2.50 bits per heavy atom. The summed E-state index contributed by atoms with van der Waals surface area (Å²) in [5.74, 6) is 0.304. The van der Waals surface area contributed by atoms with Gasteiger partial charge in [-0.25, -0.2) is 4.39 Å². The Hall–Kier alpha value is -0.890. The lowest BCUT2D eigenvalue weighted by atomic mass is 9.94. The SMILES string of the molecule is Cc1c(F)cc(CCCCN)cc1C(C)C. The molecule has 0 atom stereocenters. The van der Waals surface area contributed by atoms with Crippen LogP contribution in [0.2, 0.25) is 0 Å². The zero-order valence-corrected chi connectivity index (χ0v) is 10.5. The Morgan fingerprint density at radius 1 is 1.25 bits per heavy atom. The van der Waals surface area contributed by atoms with Gasteiger partial charge < -0.3 is 5.73 Å². The predicted molar refractivity (Wildman–Crippen MR) is 67.2 cm³/mol. The Morgan fingerprint density at radius 2 is 1.94 bits per heavy atom. The Balaban J connectivity index is 2.86. The molecule has 1 rings (SSSR count). The van der Waals surface area contributed by atoms with Crippen molar-refractivity contribution in [3.05, 3.63) is 34.6 Å². The fraction of sp³-hybridized carbons (Fsp3) is 0.571. The molecule has 0 heterocycles. The Labute approximate surface area is 97.9 Å². The molecule has 0 spiro atoms. The highest BCUT2D eigenvalue weighted by Crippen LogP contribution is 2.23. The first-order valence-electron chi connectivity index (χ1n) is 6.05. The lowest BCUT2D eigenvalue weighted by Crippen LogP contribution is -2.01. The molecule has 0 aromatic heterocycles. The predicted octanol–water partition coefficient (Wildman–Crippen LogP) is 3.54. The summed E-state index contributed by atoms with van der Waals surface area (Å²) >= 11 is 0. The van der Waals surface area contributed by atoms with Crippen molar-refractivity contribution in [3.63, 3.8) is 0 Å². The number of benzene rings is 1. The van der Waals surface area contributed by atoms with E-state index in [1.54, 1.807) is 6.07 Å². The Kier molecular flexibility index (Phi) is 4.94. The lowest BCUT2D eigenvalue weighted by Gasteiger charge is -2.13. The van der Waals surface area contributed by atoms with Crippen molar-refractivity contribution in [2.24, 2.45) is 5.73 Å². The lowest BCUT2D eigenvalue weighted by molar-refractivity contribution is 0.608. The third kappa shape index (κ3) is 3.31. The van der Waals surface area contributed by atoms with Gasteiger partial charge in [0.05, 0.1) is 0 Å². The van der Waals surface area contributed by atoms with Gasteiger partial charge >= 0.3 is 0 Å². The molecule has 0 fully saturated rings. The van der Waals surface area contributed by atoms with Crippen LogP contribution in [0.3, 0.4) is 0 Å². The van der Waals surface area contributed by atoms with E-state index < -0.39 is 0 Å². The number of halogens is 1. The summed E-state index contributed by atoms with van der Waals surface area (Å²) in [5.41, 5.74) is 8.47. The molecule has 0 radical (unpaired) electrons. The van der Waals surface area contributed by atoms with E-state index in [9.17, 15) is 4.39 Å². The summed E-state index contributed by atoms with van der Waals surface area (Å²) in [7, 11) is 0. The minimum absolute atomic E-state index is 0.0750. The van der Waals surface area contributed by atoms with Crippen LogP contribution in [0.5, 0.6) is 0 Å². The summed E-state index contributed by atoms with van der Waals surface area (Å²) < 4.78 is 13.7. The molecule has 0 aliphatic rings. The Bertz CT molecular complexity index is 345. The van der Waals surface area contributed by atoms with E-state index in [4.69, 9.17) is 5.73 Å². The van der Waals surface area contributed by atoms with Gasteiger partial charge in [-0.05, 0) is 61.4 Å². The second-order valence-electron chi connectivity index (χ2n) is 4.69. The normalized spacial score (nSPS) is 11.1. The fourth-order valence-electron chi connectivity index (χ4n) is 1.98. The molecular formula is C14H22FN. The zero-order valence-electron chi connectivity index (χ0n) is 10.5. The van der Waals surface area contributed by atoms with Gasteiger partial charge in [0.25, 0.3) is 0 Å². The minimum Gasteiger partial charge on any atom is -0.330 e. The molecule has 2 N–H and O–H groups in total. The largest absolute Gasteiger partial charge is 0.330 e. The van der Waals surface area contributed by atoms with Gasteiger partial charge in [-0.1, -0.05) is 19.9 Å². The number of hydrogen-bond donors (Lipinski definition) is 1. The van der Waals surface area contributed by atoms with Gasteiger partial charge in [0.1, 0.15) is 5.82 Å². The average molecular weight is 223 g/mol. The van der Waals surface area contributed by atoms with Crippen LogP contribution >= 0.6 is 0 Å². The second-order valence-corrected chi connectivity index (χ2v) is 4.69. The first kappa shape index (κ1) is 13.2. The summed E-state index contributed by atoms with van der Waals surface area (Å²) in [6.07, 6.45) is 2.97. The third-order valence-electron chi connectivity index (χ3n) is 2.99. The quantitative estimate of drug-likeness (QED) is 0.759. The maximum Gasteiger partial charge on any atom is 0.126 e. The monoisotopic (exact) mass is 223 g/mol. The number of hydrogen-bond acceptors (Lipinski definition) is 1. The van der Waals surface area contributed by atoms with Crippen molar-refractivity contribution >= 4 is 0 Å². The van der Waals surface area contributed by atoms with Crippen LogP contribution in [0.15, 0.2) is 12.1 Å². The number of aryl methyl sites for hydroxylation is 1. The summed E-state index contributed by atoms with van der Waals surface area (Å²) in [6.45, 7) is 6.77. The van der Waals surface area contributed by atoms with Crippen molar-refractivity contribution in [3.8, 4) is 0 Å². The van der Waals surface area contributed by atoms with E-state index in [2.05, 4.69) is 19.9 Å². The second kappa shape index (κ2) is 6.00. The van der Waals surface area contributed by atoms with Crippen LogP contribution in [0.1, 0.15) is 49.3 Å². The highest BCUT2D eigenvalue weighted by atomic mass is 19.1. The molecule has 0 saturated heterocycles. The molecule has 1 nitrogen and oxygen atoms in total. The number of nitrogens with two attached hydrogens (primary N) is 1. The van der Waals surface area contributed by atoms with E-state index >= 15 is 0 Å². The van der Waals surface area contributed by atoms with Gasteiger partial charge in [-0.2, -0.15) is 0 Å². The molecule has 0 amide bonds. The minimum atomic E-state index is -0.0750. The molecule has 0 bridgehead atoms. The summed E-state index contributed by atoms with van der Waals surface area (Å²) in [4.78, 5) is 0. The molecule has 0 aliphatic carbocycles. The summed E-state index contributed by atoms with van der Waals surface area (Å²) in [6, 6.07) is 3.80. The smallest absolute Gasteiger partial charge is 0.126 e. The van der Waals surface area contributed by atoms with Crippen molar-refractivity contribution < 1.29 is 4.39 Å². The maximum atomic E-state index is 13.7. The van der Waals surface area contributed by atoms with Gasteiger partial charge in [-0.15, -0.1) is 0 Å². The van der Waals surface area contributed by atoms with Crippen LogP contribution in [0.4, 0.5) is 4.39 Å². The molecule has 0 unspecified atom stereocenters. The maximum absolute atomic E-state index is 13.7. The van der Waals surface area contributed by atoms with Crippen LogP contribution in [0, 0.1) is 12.7 Å². The van der Waals surface area contributed by atoms with E-state index in [0.717, 1.165) is 36.0 Å². The van der Waals surface area contributed by atoms with Crippen LogP contribution in [-0.2, 0) is 6.42 Å². The summed E-state index contributed by atoms with van der Waals surface area (Å²) in [5, 5.41) is 0. The van der Waals surface area contributed by atoms with Crippen molar-refractivity contribution in [2.75, 3.05) is 6.54 Å².